The molecule has 0 saturated carbocycles. The number of aromatic nitrogens is 2. The first-order valence-corrected chi connectivity index (χ1v) is 7.67. The van der Waals surface area contributed by atoms with Crippen LogP contribution in [0.25, 0.3) is 0 Å². The zero-order chi connectivity index (χ0) is 16.3. The topological polar surface area (TPSA) is 102 Å². The van der Waals surface area contributed by atoms with Crippen LogP contribution >= 0.6 is 0 Å². The third-order valence-electron chi connectivity index (χ3n) is 3.87. The summed E-state index contributed by atoms with van der Waals surface area (Å²) in [6.45, 7) is 7.12. The van der Waals surface area contributed by atoms with Crippen molar-refractivity contribution in [2.24, 2.45) is 11.7 Å². The summed E-state index contributed by atoms with van der Waals surface area (Å²) in [5.41, 5.74) is 5.15. The summed E-state index contributed by atoms with van der Waals surface area (Å²) in [7, 11) is 0. The molecule has 1 saturated heterocycles. The van der Waals surface area contributed by atoms with Crippen molar-refractivity contribution in [1.29, 1.82) is 0 Å². The number of primary amides is 1. The standard InChI is InChI=1S/C15H24N4O3/c1-15(2,3)14-17-11(22-18-14)6-7-12(20)19-8-4-5-10(9-19)13(16)21/h10H,4-9H2,1-3H3,(H2,16,21)/t10-/m1/s1. The van der Waals surface area contributed by atoms with Crippen LogP contribution in [0.1, 0.15) is 51.7 Å². The van der Waals surface area contributed by atoms with Crippen molar-refractivity contribution < 1.29 is 14.1 Å². The van der Waals surface area contributed by atoms with Crippen LogP contribution in [0.4, 0.5) is 0 Å². The average molecular weight is 308 g/mol. The highest BCUT2D eigenvalue weighted by Crippen LogP contribution is 2.20. The normalized spacial score (nSPS) is 19.2. The van der Waals surface area contributed by atoms with Gasteiger partial charge >= 0.3 is 0 Å². The summed E-state index contributed by atoms with van der Waals surface area (Å²) in [5, 5.41) is 3.94. The number of rotatable bonds is 4. The van der Waals surface area contributed by atoms with Gasteiger partial charge in [0.1, 0.15) is 0 Å². The highest BCUT2D eigenvalue weighted by Gasteiger charge is 2.27. The number of hydrogen-bond acceptors (Lipinski definition) is 5. The molecule has 1 fully saturated rings. The molecule has 2 rings (SSSR count). The first kappa shape index (κ1) is 16.5. The molecule has 7 heteroatoms. The van der Waals surface area contributed by atoms with E-state index in [2.05, 4.69) is 10.1 Å². The van der Waals surface area contributed by atoms with Gasteiger partial charge in [-0.2, -0.15) is 4.98 Å². The van der Waals surface area contributed by atoms with Crippen LogP contribution in [-0.2, 0) is 21.4 Å². The van der Waals surface area contributed by atoms with E-state index in [1.54, 1.807) is 4.90 Å². The summed E-state index contributed by atoms with van der Waals surface area (Å²) in [4.78, 5) is 29.5. The Kier molecular flexibility index (Phi) is 4.83. The molecule has 0 bridgehead atoms. The van der Waals surface area contributed by atoms with Crippen molar-refractivity contribution in [2.45, 2.75) is 51.9 Å². The molecule has 1 aromatic rings. The Morgan fingerprint density at radius 2 is 2.14 bits per heavy atom. The molecule has 2 N–H and O–H groups in total. The summed E-state index contributed by atoms with van der Waals surface area (Å²) >= 11 is 0. The van der Waals surface area contributed by atoms with E-state index in [-0.39, 0.29) is 23.1 Å². The van der Waals surface area contributed by atoms with Gasteiger partial charge in [0.15, 0.2) is 5.82 Å². The molecule has 2 amide bonds. The van der Waals surface area contributed by atoms with Crippen LogP contribution in [0.15, 0.2) is 4.52 Å². The Labute approximate surface area is 130 Å². The van der Waals surface area contributed by atoms with Crippen molar-refractivity contribution >= 4 is 11.8 Å². The molecule has 0 unspecified atom stereocenters. The lowest BCUT2D eigenvalue weighted by molar-refractivity contribution is -0.135. The summed E-state index contributed by atoms with van der Waals surface area (Å²) in [6, 6.07) is 0. The first-order chi connectivity index (χ1) is 10.3. The minimum Gasteiger partial charge on any atom is -0.369 e. The molecule has 0 aromatic carbocycles. The lowest BCUT2D eigenvalue weighted by Gasteiger charge is -2.31. The number of piperidine rings is 1. The van der Waals surface area contributed by atoms with E-state index in [0.29, 0.717) is 37.6 Å². The van der Waals surface area contributed by atoms with Gasteiger partial charge in [-0.25, -0.2) is 0 Å². The van der Waals surface area contributed by atoms with Crippen LogP contribution in [-0.4, -0.2) is 39.9 Å². The van der Waals surface area contributed by atoms with Crippen LogP contribution in [0, 0.1) is 5.92 Å². The molecule has 1 atom stereocenters. The lowest BCUT2D eigenvalue weighted by Crippen LogP contribution is -2.44. The van der Waals surface area contributed by atoms with Gasteiger partial charge in [-0.1, -0.05) is 25.9 Å². The Bertz CT molecular complexity index is 547. The quantitative estimate of drug-likeness (QED) is 0.894. The SMILES string of the molecule is CC(C)(C)c1noc(CCC(=O)N2CCC[C@@H](C(N)=O)C2)n1. The molecule has 0 aliphatic carbocycles. The fraction of sp³-hybridized carbons (Fsp3) is 0.733. The van der Waals surface area contributed by atoms with Crippen molar-refractivity contribution in [1.82, 2.24) is 15.0 Å². The van der Waals surface area contributed by atoms with Crippen LogP contribution in [0.2, 0.25) is 0 Å². The van der Waals surface area contributed by atoms with Crippen molar-refractivity contribution in [3.05, 3.63) is 11.7 Å². The van der Waals surface area contributed by atoms with Gasteiger partial charge in [0.05, 0.1) is 5.92 Å². The second-order valence-corrected chi connectivity index (χ2v) is 6.84. The summed E-state index contributed by atoms with van der Waals surface area (Å²) in [5.74, 6) is 0.558. The van der Waals surface area contributed by atoms with Crippen molar-refractivity contribution in [3.63, 3.8) is 0 Å². The molecular weight excluding hydrogens is 284 g/mol. The maximum absolute atomic E-state index is 12.2. The van der Waals surface area contributed by atoms with Gasteiger partial charge in [-0.05, 0) is 12.8 Å². The molecule has 0 radical (unpaired) electrons. The van der Waals surface area contributed by atoms with Crippen LogP contribution in [0.5, 0.6) is 0 Å². The highest BCUT2D eigenvalue weighted by atomic mass is 16.5. The maximum Gasteiger partial charge on any atom is 0.227 e. The minimum absolute atomic E-state index is 0.00135. The Morgan fingerprint density at radius 3 is 2.73 bits per heavy atom. The molecule has 1 aliphatic rings. The fourth-order valence-corrected chi connectivity index (χ4v) is 2.47. The Balaban J connectivity index is 1.87. The number of likely N-dealkylation sites (tertiary alicyclic amines) is 1. The Hall–Kier alpha value is -1.92. The number of nitrogens with zero attached hydrogens (tertiary/aromatic N) is 3. The third kappa shape index (κ3) is 4.05. The van der Waals surface area contributed by atoms with Crippen LogP contribution < -0.4 is 5.73 Å². The molecule has 22 heavy (non-hydrogen) atoms. The van der Waals surface area contributed by atoms with E-state index < -0.39 is 0 Å². The zero-order valence-corrected chi connectivity index (χ0v) is 13.5. The van der Waals surface area contributed by atoms with Gasteiger partial charge < -0.3 is 15.2 Å². The molecule has 0 spiro atoms. The first-order valence-electron chi connectivity index (χ1n) is 7.67. The predicted molar refractivity (Wildman–Crippen MR) is 79.8 cm³/mol. The van der Waals surface area contributed by atoms with E-state index >= 15 is 0 Å². The molecule has 1 aromatic heterocycles. The maximum atomic E-state index is 12.2. The minimum atomic E-state index is -0.329. The zero-order valence-electron chi connectivity index (χ0n) is 13.5. The number of carbonyl (C=O) groups is 2. The van der Waals surface area contributed by atoms with E-state index in [1.165, 1.54) is 0 Å². The fourth-order valence-electron chi connectivity index (χ4n) is 2.47. The molecular formula is C15H24N4O3. The average Bonchev–Trinajstić information content (AvgIpc) is 2.94. The lowest BCUT2D eigenvalue weighted by atomic mass is 9.96. The van der Waals surface area contributed by atoms with Crippen LogP contribution in [0.3, 0.4) is 0 Å². The second kappa shape index (κ2) is 6.46. The smallest absolute Gasteiger partial charge is 0.227 e. The molecule has 7 nitrogen and oxygen atoms in total. The third-order valence-corrected chi connectivity index (χ3v) is 3.87. The van der Waals surface area contributed by atoms with Gasteiger partial charge in [0, 0.05) is 31.3 Å². The Morgan fingerprint density at radius 1 is 1.41 bits per heavy atom. The van der Waals surface area contributed by atoms with Gasteiger partial charge in [-0.15, -0.1) is 0 Å². The van der Waals surface area contributed by atoms with Gasteiger partial charge in [0.2, 0.25) is 17.7 Å². The predicted octanol–water partition coefficient (Wildman–Crippen LogP) is 1.02. The highest BCUT2D eigenvalue weighted by molar-refractivity contribution is 5.80. The number of carbonyl (C=O) groups excluding carboxylic acids is 2. The largest absolute Gasteiger partial charge is 0.369 e. The van der Waals surface area contributed by atoms with E-state index in [4.69, 9.17) is 10.3 Å². The van der Waals surface area contributed by atoms with Crippen molar-refractivity contribution in [2.75, 3.05) is 13.1 Å². The van der Waals surface area contributed by atoms with E-state index in [1.807, 2.05) is 20.8 Å². The van der Waals surface area contributed by atoms with E-state index in [9.17, 15) is 9.59 Å². The van der Waals surface area contributed by atoms with Gasteiger partial charge in [-0.3, -0.25) is 9.59 Å². The molecule has 2 heterocycles. The number of amides is 2. The molecule has 1 aliphatic heterocycles. The monoisotopic (exact) mass is 308 g/mol. The summed E-state index contributed by atoms with van der Waals surface area (Å²) < 4.78 is 5.18. The van der Waals surface area contributed by atoms with Crippen molar-refractivity contribution in [3.8, 4) is 0 Å². The number of aryl methyl sites for hydroxylation is 1. The number of nitrogens with two attached hydrogens (primary N) is 1. The van der Waals surface area contributed by atoms with E-state index in [0.717, 1.165) is 12.8 Å². The molecule has 122 valence electrons. The number of hydrogen-bond donors (Lipinski definition) is 1. The second-order valence-electron chi connectivity index (χ2n) is 6.84. The van der Waals surface area contributed by atoms with Gasteiger partial charge in [0.25, 0.3) is 0 Å². The summed E-state index contributed by atoms with van der Waals surface area (Å²) in [6.07, 6.45) is 2.29.